The van der Waals surface area contributed by atoms with E-state index in [-0.39, 0.29) is 0 Å². The predicted octanol–water partition coefficient (Wildman–Crippen LogP) is 14.9. The Hall–Kier alpha value is -8.67. The lowest BCUT2D eigenvalue weighted by Crippen LogP contribution is -2.02. The summed E-state index contributed by atoms with van der Waals surface area (Å²) in [5.74, 6) is 1.56. The van der Waals surface area contributed by atoms with Crippen molar-refractivity contribution in [1.29, 1.82) is 0 Å². The van der Waals surface area contributed by atoms with Crippen molar-refractivity contribution >= 4 is 27.8 Å². The van der Waals surface area contributed by atoms with Crippen LogP contribution in [-0.4, -0.2) is 23.9 Å². The van der Waals surface area contributed by atoms with Gasteiger partial charge in [-0.1, -0.05) is 194 Å². The van der Waals surface area contributed by atoms with Gasteiger partial charge in [0.25, 0.3) is 0 Å². The van der Waals surface area contributed by atoms with Crippen molar-refractivity contribution in [3.8, 4) is 84.1 Å². The summed E-state index contributed by atoms with van der Waals surface area (Å²) >= 11 is 0. The zero-order valence-corrected chi connectivity index (χ0v) is 34.8. The lowest BCUT2D eigenvalue weighted by atomic mass is 9.90. The van der Waals surface area contributed by atoms with E-state index in [1.165, 1.54) is 5.56 Å². The van der Waals surface area contributed by atoms with Gasteiger partial charge in [0.05, 0.1) is 39.1 Å². The third-order valence-corrected chi connectivity index (χ3v) is 12.2. The average Bonchev–Trinajstić information content (AvgIpc) is 3.91. The molecular formula is C59H39N5. The average molecular weight is 818 g/mol. The van der Waals surface area contributed by atoms with Gasteiger partial charge in [-0.15, -0.1) is 0 Å². The van der Waals surface area contributed by atoms with Crippen molar-refractivity contribution < 1.29 is 0 Å². The quantitative estimate of drug-likeness (QED) is 0.153. The molecule has 3 heterocycles. The molecule has 0 spiro atoms. The number of nitrogens with zero attached hydrogens (tertiary/aromatic N) is 5. The number of hydrogen-bond donors (Lipinski definition) is 0. The zero-order valence-electron chi connectivity index (χ0n) is 34.8. The molecule has 0 saturated heterocycles. The fourth-order valence-electron chi connectivity index (χ4n) is 9.05. The third kappa shape index (κ3) is 6.55. The highest BCUT2D eigenvalue weighted by Gasteiger charge is 2.24. The molecule has 0 atom stereocenters. The minimum atomic E-state index is 0.702. The summed E-state index contributed by atoms with van der Waals surface area (Å²) in [6.07, 6.45) is 0. The second-order valence-corrected chi connectivity index (χ2v) is 16.1. The zero-order chi connectivity index (χ0) is 42.4. The number of rotatable bonds is 8. The lowest BCUT2D eigenvalue weighted by molar-refractivity contribution is 1.11. The van der Waals surface area contributed by atoms with Crippen molar-refractivity contribution in [1.82, 2.24) is 23.9 Å². The van der Waals surface area contributed by atoms with Crippen LogP contribution in [0.3, 0.4) is 0 Å². The highest BCUT2D eigenvalue weighted by atomic mass is 15.2. The summed E-state index contributed by atoms with van der Waals surface area (Å²) in [7, 11) is 0. The maximum Gasteiger partial charge on any atom is 0.220 e. The van der Waals surface area contributed by atoms with Gasteiger partial charge in [0.15, 0.2) is 5.82 Å². The van der Waals surface area contributed by atoms with E-state index in [9.17, 15) is 0 Å². The van der Waals surface area contributed by atoms with Crippen molar-refractivity contribution in [3.05, 3.63) is 237 Å². The fraction of sp³-hybridized carbons (Fsp3) is 0. The summed E-state index contributed by atoms with van der Waals surface area (Å²) < 4.78 is 4.71. The minimum Gasteiger partial charge on any atom is -0.277 e. The highest BCUT2D eigenvalue weighted by Crippen LogP contribution is 2.43. The predicted molar refractivity (Wildman–Crippen MR) is 263 cm³/mol. The first-order chi connectivity index (χ1) is 31.7. The van der Waals surface area contributed by atoms with Crippen molar-refractivity contribution in [2.75, 3.05) is 0 Å². The van der Waals surface area contributed by atoms with Gasteiger partial charge in [-0.05, 0) is 75.8 Å². The van der Waals surface area contributed by atoms with Gasteiger partial charge in [0.2, 0.25) is 5.78 Å². The van der Waals surface area contributed by atoms with Crippen LogP contribution in [0.2, 0.25) is 0 Å². The molecule has 3 aromatic heterocycles. The molecule has 9 aromatic carbocycles. The van der Waals surface area contributed by atoms with Crippen LogP contribution in [0.25, 0.3) is 112 Å². The van der Waals surface area contributed by atoms with E-state index in [0.29, 0.717) is 5.82 Å². The molecule has 0 N–H and O–H groups in total. The number of imidazole rings is 2. The van der Waals surface area contributed by atoms with E-state index in [0.717, 1.165) is 101 Å². The molecule has 0 unspecified atom stereocenters. The SMILES string of the molecule is c1ccc(-c2cc(-c3ccccc3)c(-n3c4ccc(-c5ccc(-c6cc(-c7ccccc7)nc(-c7ccccc7)n6)cc5)cc4n4c5ccccc5nc34)c(-c3ccccc3)c2)cc1. The lowest BCUT2D eigenvalue weighted by Gasteiger charge is -2.20. The molecule has 0 bridgehead atoms. The molecule has 0 amide bonds. The Balaban J connectivity index is 1.05. The number of aromatic nitrogens is 5. The van der Waals surface area contributed by atoms with E-state index in [4.69, 9.17) is 15.0 Å². The van der Waals surface area contributed by atoms with Crippen molar-refractivity contribution in [2.45, 2.75) is 0 Å². The van der Waals surface area contributed by atoms with Crippen LogP contribution in [0.5, 0.6) is 0 Å². The fourth-order valence-corrected chi connectivity index (χ4v) is 9.05. The van der Waals surface area contributed by atoms with Crippen LogP contribution in [0.1, 0.15) is 0 Å². The number of benzene rings is 9. The molecule has 12 rings (SSSR count). The van der Waals surface area contributed by atoms with E-state index in [2.05, 4.69) is 209 Å². The number of fused-ring (bicyclic) bond motifs is 5. The summed E-state index contributed by atoms with van der Waals surface area (Å²) in [6.45, 7) is 0. The Bertz CT molecular complexity index is 3500. The molecule has 0 aliphatic rings. The van der Waals surface area contributed by atoms with Crippen LogP contribution >= 0.6 is 0 Å². The molecule has 64 heavy (non-hydrogen) atoms. The van der Waals surface area contributed by atoms with Crippen molar-refractivity contribution in [3.63, 3.8) is 0 Å². The van der Waals surface area contributed by atoms with Gasteiger partial charge >= 0.3 is 0 Å². The van der Waals surface area contributed by atoms with Gasteiger partial charge in [-0.2, -0.15) is 0 Å². The Morgan fingerprint density at radius 2 is 0.734 bits per heavy atom. The topological polar surface area (TPSA) is 48.0 Å². The summed E-state index contributed by atoms with van der Waals surface area (Å²) in [6, 6.07) is 83.5. The van der Waals surface area contributed by atoms with Crippen LogP contribution in [0.15, 0.2) is 237 Å². The Morgan fingerprint density at radius 1 is 0.281 bits per heavy atom. The maximum absolute atomic E-state index is 5.40. The van der Waals surface area contributed by atoms with E-state index >= 15 is 0 Å². The molecule has 0 radical (unpaired) electrons. The smallest absolute Gasteiger partial charge is 0.220 e. The number of para-hydroxylation sites is 2. The van der Waals surface area contributed by atoms with Gasteiger partial charge < -0.3 is 0 Å². The molecular weight excluding hydrogens is 779 g/mol. The second-order valence-electron chi connectivity index (χ2n) is 16.1. The summed E-state index contributed by atoms with van der Waals surface area (Å²) in [4.78, 5) is 15.5. The highest BCUT2D eigenvalue weighted by molar-refractivity contribution is 5.99. The first-order valence-corrected chi connectivity index (χ1v) is 21.6. The third-order valence-electron chi connectivity index (χ3n) is 12.2. The van der Waals surface area contributed by atoms with Gasteiger partial charge in [0.1, 0.15) is 0 Å². The summed E-state index contributed by atoms with van der Waals surface area (Å²) in [5, 5.41) is 0. The molecule has 0 fully saturated rings. The molecule has 0 saturated carbocycles. The van der Waals surface area contributed by atoms with E-state index < -0.39 is 0 Å². The van der Waals surface area contributed by atoms with Crippen LogP contribution in [-0.2, 0) is 0 Å². The first-order valence-electron chi connectivity index (χ1n) is 21.6. The number of hydrogen-bond acceptors (Lipinski definition) is 3. The monoisotopic (exact) mass is 817 g/mol. The molecule has 0 aliphatic heterocycles. The van der Waals surface area contributed by atoms with Crippen molar-refractivity contribution in [2.24, 2.45) is 0 Å². The molecule has 12 aromatic rings. The minimum absolute atomic E-state index is 0.702. The molecule has 0 aliphatic carbocycles. The van der Waals surface area contributed by atoms with E-state index in [1.54, 1.807) is 0 Å². The van der Waals surface area contributed by atoms with Gasteiger partial charge in [-0.25, -0.2) is 15.0 Å². The molecule has 5 nitrogen and oxygen atoms in total. The van der Waals surface area contributed by atoms with Crippen LogP contribution in [0.4, 0.5) is 0 Å². The van der Waals surface area contributed by atoms with Crippen LogP contribution in [0, 0.1) is 0 Å². The van der Waals surface area contributed by atoms with Crippen LogP contribution < -0.4 is 0 Å². The summed E-state index contributed by atoms with van der Waals surface area (Å²) in [5.41, 5.74) is 19.1. The Kier molecular flexibility index (Phi) is 9.08. The maximum atomic E-state index is 5.40. The molecule has 300 valence electrons. The second kappa shape index (κ2) is 15.7. The Labute approximate surface area is 370 Å². The van der Waals surface area contributed by atoms with Gasteiger partial charge in [-0.3, -0.25) is 8.97 Å². The standard InChI is InChI=1S/C59H39N5/c1-6-18-40(19-7-1)48-36-49(42-20-8-2-9-21-42)57(50(37-48)43-22-10-3-11-23-43)64-55-35-34-47(38-56(55)63-54-29-17-16-28-51(54)62-59(63)64)41-30-32-45(33-31-41)53-39-52(44-24-12-4-13-25-44)60-58(61-53)46-26-14-5-15-27-46/h1-39H. The Morgan fingerprint density at radius 3 is 1.33 bits per heavy atom. The molecule has 5 heteroatoms. The first kappa shape index (κ1) is 37.1. The van der Waals surface area contributed by atoms with E-state index in [1.807, 2.05) is 36.4 Å². The normalized spacial score (nSPS) is 11.4. The largest absolute Gasteiger partial charge is 0.277 e. The van der Waals surface area contributed by atoms with Gasteiger partial charge in [0, 0.05) is 27.8 Å².